The number of carboxylic acid groups (broad SMARTS) is 1. The van der Waals surface area contributed by atoms with Crippen LogP contribution in [-0.2, 0) is 4.79 Å². The predicted molar refractivity (Wildman–Crippen MR) is 103 cm³/mol. The number of rotatable bonds is 4. The molecule has 0 radical (unpaired) electrons. The van der Waals surface area contributed by atoms with Crippen LogP contribution in [0.1, 0.15) is 25.7 Å². The van der Waals surface area contributed by atoms with Crippen LogP contribution in [-0.4, -0.2) is 58.2 Å². The first-order valence-electron chi connectivity index (χ1n) is 8.92. The smallest absolute Gasteiger partial charge is 0.408 e. The molecular weight excluding hydrogens is 407 g/mol. The zero-order valence-electron chi connectivity index (χ0n) is 15.0. The number of hydrogen-bond donors (Lipinski definition) is 2. The van der Waals surface area contributed by atoms with Gasteiger partial charge < -0.3 is 20.5 Å². The van der Waals surface area contributed by atoms with E-state index in [1.54, 1.807) is 0 Å². The SMILES string of the molecule is N#CC1CCCN1C(=O)C1CCC(COc2cc(N)c(Cl)cc2Cl)N1C(=O)O. The van der Waals surface area contributed by atoms with E-state index in [2.05, 4.69) is 6.07 Å². The van der Waals surface area contributed by atoms with Gasteiger partial charge in [0.2, 0.25) is 5.91 Å². The number of nitrogen functional groups attached to an aromatic ring is 1. The molecule has 0 saturated carbocycles. The fourth-order valence-corrected chi connectivity index (χ4v) is 4.21. The topological polar surface area (TPSA) is 120 Å². The van der Waals surface area contributed by atoms with Gasteiger partial charge >= 0.3 is 6.09 Å². The van der Waals surface area contributed by atoms with Crippen LogP contribution in [0.25, 0.3) is 0 Å². The third-order valence-electron chi connectivity index (χ3n) is 5.18. The number of nitriles is 1. The number of halogens is 2. The normalized spacial score (nSPS) is 24.2. The zero-order chi connectivity index (χ0) is 20.4. The molecular formula is C18H20Cl2N4O4. The molecule has 8 nitrogen and oxygen atoms in total. The minimum Gasteiger partial charge on any atom is -0.490 e. The Morgan fingerprint density at radius 2 is 2.04 bits per heavy atom. The van der Waals surface area contributed by atoms with Crippen LogP contribution in [0.2, 0.25) is 10.0 Å². The van der Waals surface area contributed by atoms with Crippen LogP contribution >= 0.6 is 23.2 Å². The van der Waals surface area contributed by atoms with Crippen molar-refractivity contribution in [1.29, 1.82) is 5.26 Å². The number of carbonyl (C=O) groups excluding carboxylic acids is 1. The number of nitrogens with zero attached hydrogens (tertiary/aromatic N) is 3. The maximum atomic E-state index is 12.9. The van der Waals surface area contributed by atoms with Gasteiger partial charge in [-0.25, -0.2) is 4.79 Å². The van der Waals surface area contributed by atoms with E-state index < -0.39 is 24.2 Å². The summed E-state index contributed by atoms with van der Waals surface area (Å²) in [7, 11) is 0. The Kier molecular flexibility index (Phi) is 6.06. The average Bonchev–Trinajstić information content (AvgIpc) is 3.29. The van der Waals surface area contributed by atoms with Crippen molar-refractivity contribution in [1.82, 2.24) is 9.80 Å². The molecule has 3 rings (SSSR count). The van der Waals surface area contributed by atoms with Crippen molar-refractivity contribution in [2.75, 3.05) is 18.9 Å². The number of anilines is 1. The number of benzene rings is 1. The second-order valence-electron chi connectivity index (χ2n) is 6.87. The summed E-state index contributed by atoms with van der Waals surface area (Å²) >= 11 is 12.0. The third kappa shape index (κ3) is 3.91. The lowest BCUT2D eigenvalue weighted by molar-refractivity contribution is -0.135. The Morgan fingerprint density at radius 1 is 1.29 bits per heavy atom. The van der Waals surface area contributed by atoms with Gasteiger partial charge in [0.15, 0.2) is 0 Å². The van der Waals surface area contributed by atoms with Gasteiger partial charge in [0.1, 0.15) is 24.4 Å². The molecule has 2 amide bonds. The van der Waals surface area contributed by atoms with Crippen LogP contribution in [0.15, 0.2) is 12.1 Å². The second-order valence-corrected chi connectivity index (χ2v) is 7.69. The first-order valence-corrected chi connectivity index (χ1v) is 9.67. The summed E-state index contributed by atoms with van der Waals surface area (Å²) in [5, 5.41) is 19.4. The number of likely N-dealkylation sites (tertiary alicyclic amines) is 2. The van der Waals surface area contributed by atoms with Crippen molar-refractivity contribution >= 4 is 40.9 Å². The number of hydrogen-bond acceptors (Lipinski definition) is 5. The molecule has 0 spiro atoms. The average molecular weight is 427 g/mol. The van der Waals surface area contributed by atoms with E-state index in [-0.39, 0.29) is 17.5 Å². The molecule has 0 bridgehead atoms. The van der Waals surface area contributed by atoms with Gasteiger partial charge in [-0.3, -0.25) is 9.69 Å². The van der Waals surface area contributed by atoms with E-state index in [0.29, 0.717) is 42.3 Å². The van der Waals surface area contributed by atoms with Gasteiger partial charge in [0.25, 0.3) is 0 Å². The van der Waals surface area contributed by atoms with Gasteiger partial charge in [0, 0.05) is 12.6 Å². The summed E-state index contributed by atoms with van der Waals surface area (Å²) in [5.74, 6) is -0.0181. The minimum absolute atomic E-state index is 0.0263. The molecule has 2 heterocycles. The van der Waals surface area contributed by atoms with Crippen molar-refractivity contribution in [2.45, 2.75) is 43.8 Å². The maximum Gasteiger partial charge on any atom is 0.408 e. The lowest BCUT2D eigenvalue weighted by atomic mass is 10.1. The summed E-state index contributed by atoms with van der Waals surface area (Å²) in [6.07, 6.45) is 1.01. The summed E-state index contributed by atoms with van der Waals surface area (Å²) in [6.45, 7) is 0.500. The summed E-state index contributed by atoms with van der Waals surface area (Å²) in [4.78, 5) is 27.3. The Bertz CT molecular complexity index is 829. The van der Waals surface area contributed by atoms with E-state index in [4.69, 9.17) is 33.7 Å². The van der Waals surface area contributed by atoms with Gasteiger partial charge in [-0.1, -0.05) is 23.2 Å². The fourth-order valence-electron chi connectivity index (χ4n) is 3.78. The van der Waals surface area contributed by atoms with Crippen molar-refractivity contribution in [3.63, 3.8) is 0 Å². The molecule has 0 aliphatic carbocycles. The number of amides is 2. The second kappa shape index (κ2) is 8.33. The van der Waals surface area contributed by atoms with Crippen LogP contribution < -0.4 is 10.5 Å². The van der Waals surface area contributed by atoms with E-state index in [0.717, 1.165) is 11.3 Å². The predicted octanol–water partition coefficient (Wildman–Crippen LogP) is 2.98. The molecule has 2 fully saturated rings. The van der Waals surface area contributed by atoms with Crippen molar-refractivity contribution < 1.29 is 19.4 Å². The standard InChI is InChI=1S/C18H20Cl2N4O4/c19-12-6-13(20)16(7-14(12)22)28-9-11-3-4-15(24(11)18(26)27)17(25)23-5-1-2-10(23)8-21/h6-7,10-11,15H,1-5,9,22H2,(H,26,27). The minimum atomic E-state index is -1.20. The highest BCUT2D eigenvalue weighted by Gasteiger charge is 2.45. The highest BCUT2D eigenvalue weighted by Crippen LogP contribution is 2.34. The van der Waals surface area contributed by atoms with Gasteiger partial charge in [-0.15, -0.1) is 0 Å². The zero-order valence-corrected chi connectivity index (χ0v) is 16.5. The molecule has 2 aliphatic heterocycles. The van der Waals surface area contributed by atoms with Crippen molar-refractivity contribution in [3.8, 4) is 11.8 Å². The number of nitrogens with two attached hydrogens (primary N) is 1. The molecule has 2 saturated heterocycles. The van der Waals surface area contributed by atoms with Gasteiger partial charge in [-0.2, -0.15) is 5.26 Å². The van der Waals surface area contributed by atoms with E-state index >= 15 is 0 Å². The molecule has 1 aromatic rings. The van der Waals surface area contributed by atoms with E-state index in [9.17, 15) is 20.0 Å². The Labute approximate surface area is 172 Å². The van der Waals surface area contributed by atoms with E-state index in [1.165, 1.54) is 17.0 Å². The van der Waals surface area contributed by atoms with E-state index in [1.807, 2.05) is 0 Å². The quantitative estimate of drug-likeness (QED) is 0.713. The monoisotopic (exact) mass is 426 g/mol. The van der Waals surface area contributed by atoms with Crippen LogP contribution in [0.4, 0.5) is 10.5 Å². The van der Waals surface area contributed by atoms with Crippen LogP contribution in [0.5, 0.6) is 5.75 Å². The maximum absolute atomic E-state index is 12.9. The first-order chi connectivity index (χ1) is 13.3. The molecule has 10 heteroatoms. The van der Waals surface area contributed by atoms with Crippen molar-refractivity contribution in [2.24, 2.45) is 0 Å². The summed E-state index contributed by atoms with van der Waals surface area (Å²) < 4.78 is 5.68. The fraction of sp³-hybridized carbons (Fsp3) is 0.500. The molecule has 3 atom stereocenters. The van der Waals surface area contributed by atoms with Gasteiger partial charge in [0.05, 0.1) is 27.8 Å². The highest BCUT2D eigenvalue weighted by atomic mass is 35.5. The number of carbonyl (C=O) groups is 2. The summed E-state index contributed by atoms with van der Waals surface area (Å²) in [5.41, 5.74) is 6.05. The summed E-state index contributed by atoms with van der Waals surface area (Å²) in [6, 6.07) is 3.24. The Hall–Kier alpha value is -2.37. The van der Waals surface area contributed by atoms with Gasteiger partial charge in [-0.05, 0) is 31.7 Å². The Balaban J connectivity index is 1.71. The third-order valence-corrected chi connectivity index (χ3v) is 5.80. The lowest BCUT2D eigenvalue weighted by Gasteiger charge is -2.30. The number of ether oxygens (including phenoxy) is 1. The molecule has 2 aliphatic rings. The van der Waals surface area contributed by atoms with Crippen LogP contribution in [0.3, 0.4) is 0 Å². The molecule has 3 N–H and O–H groups in total. The lowest BCUT2D eigenvalue weighted by Crippen LogP contribution is -2.51. The molecule has 1 aromatic carbocycles. The molecule has 0 aromatic heterocycles. The molecule has 28 heavy (non-hydrogen) atoms. The van der Waals surface area contributed by atoms with Crippen LogP contribution in [0, 0.1) is 11.3 Å². The Morgan fingerprint density at radius 3 is 2.71 bits per heavy atom. The highest BCUT2D eigenvalue weighted by molar-refractivity contribution is 6.37. The first kappa shape index (κ1) is 20.4. The largest absolute Gasteiger partial charge is 0.490 e. The van der Waals surface area contributed by atoms with Crippen molar-refractivity contribution in [3.05, 3.63) is 22.2 Å². The molecule has 3 unspecified atom stereocenters. The molecule has 150 valence electrons.